The zero-order valence-electron chi connectivity index (χ0n) is 8.28. The average Bonchev–Trinajstić information content (AvgIpc) is 2.35. The third kappa shape index (κ3) is 3.07. The maximum absolute atomic E-state index is 11.7. The van der Waals surface area contributed by atoms with Crippen molar-refractivity contribution >= 4 is 109 Å². The van der Waals surface area contributed by atoms with E-state index in [2.05, 4.69) is 0 Å². The quantitative estimate of drug-likeness (QED) is 0.269. The summed E-state index contributed by atoms with van der Waals surface area (Å²) in [5.74, 6) is -1.06. The minimum absolute atomic E-state index is 0.249. The number of rotatable bonds is 2. The third-order valence-electron chi connectivity index (χ3n) is 1.98. The van der Waals surface area contributed by atoms with Crippen LogP contribution in [-0.2, 0) is 0 Å². The highest BCUT2D eigenvalue weighted by Crippen LogP contribution is 2.33. The summed E-state index contributed by atoms with van der Waals surface area (Å²) in [6.45, 7) is 0. The second-order valence-electron chi connectivity index (χ2n) is 2.95. The van der Waals surface area contributed by atoms with Crippen LogP contribution in [0.3, 0.4) is 0 Å². The molecule has 0 spiro atoms. The fraction of sp³-hybridized carbons (Fsp3) is 0. The minimum Gasteiger partial charge on any atom is -0.397 e. The maximum Gasteiger partial charge on any atom is 0.267 e. The number of anilines is 1. The van der Waals surface area contributed by atoms with Crippen LogP contribution in [0.5, 0.6) is 0 Å². The summed E-state index contributed by atoms with van der Waals surface area (Å²) < 4.78 is 1.50. The van der Waals surface area contributed by atoms with Crippen molar-refractivity contribution in [2.45, 2.75) is 0 Å². The van der Waals surface area contributed by atoms with Crippen LogP contribution < -0.4 is 15.4 Å². The molecule has 0 aliphatic heterocycles. The van der Waals surface area contributed by atoms with Gasteiger partial charge in [-0.05, 0) is 67.8 Å². The first-order valence-corrected chi connectivity index (χ1v) is 8.13. The molecule has 0 radical (unpaired) electrons. The summed E-state index contributed by atoms with van der Waals surface area (Å²) in [7, 11) is 0. The van der Waals surface area contributed by atoms with E-state index in [9.17, 15) is 9.59 Å². The summed E-state index contributed by atoms with van der Waals surface area (Å²) in [6.07, 6.45) is 0. The Morgan fingerprint density at radius 3 is 1.50 bits per heavy atom. The van der Waals surface area contributed by atoms with Crippen LogP contribution in [0, 0.1) is 10.7 Å². The molecule has 0 aliphatic rings. The predicted molar refractivity (Wildman–Crippen MR) is 95.6 cm³/mol. The van der Waals surface area contributed by atoms with Crippen LogP contribution in [0.2, 0.25) is 0 Å². The summed E-state index contributed by atoms with van der Waals surface area (Å²) in [6, 6.07) is 0. The van der Waals surface area contributed by atoms with E-state index in [0.717, 1.165) is 0 Å². The molecule has 98 valence electrons. The number of nitrogen functional groups attached to an aromatic ring is 1. The van der Waals surface area contributed by atoms with Crippen LogP contribution in [0.25, 0.3) is 0 Å². The standard InChI is InChI=1S/C8H4Cl2I3N3O2/c9-15-7(17)1-3(11)2(8(18)16-10)5(13)6(14)4(1)12/h14H2,(H,15,17)(H,16,18). The fourth-order valence-electron chi connectivity index (χ4n) is 1.18. The molecule has 0 bridgehead atoms. The van der Waals surface area contributed by atoms with E-state index in [0.29, 0.717) is 16.4 Å². The molecule has 10 heteroatoms. The third-order valence-corrected chi connectivity index (χ3v) is 5.64. The van der Waals surface area contributed by atoms with Gasteiger partial charge in [-0.25, -0.2) is 0 Å². The Morgan fingerprint density at radius 1 is 0.889 bits per heavy atom. The van der Waals surface area contributed by atoms with Gasteiger partial charge < -0.3 is 5.73 Å². The van der Waals surface area contributed by atoms with Crippen molar-refractivity contribution in [3.8, 4) is 0 Å². The van der Waals surface area contributed by atoms with Crippen LogP contribution in [0.4, 0.5) is 5.69 Å². The van der Waals surface area contributed by atoms with E-state index < -0.39 is 11.8 Å². The van der Waals surface area contributed by atoms with Gasteiger partial charge in [0, 0.05) is 27.1 Å². The predicted octanol–water partition coefficient (Wildman–Crippen LogP) is 2.85. The molecule has 0 heterocycles. The molecule has 0 saturated carbocycles. The maximum atomic E-state index is 11.7. The number of carbonyl (C=O) groups is 2. The number of hydrogen-bond donors (Lipinski definition) is 3. The lowest BCUT2D eigenvalue weighted by Crippen LogP contribution is -2.23. The zero-order valence-corrected chi connectivity index (χ0v) is 16.3. The highest BCUT2D eigenvalue weighted by Gasteiger charge is 2.26. The largest absolute Gasteiger partial charge is 0.397 e. The summed E-state index contributed by atoms with van der Waals surface area (Å²) >= 11 is 16.4. The monoisotopic (exact) mass is 625 g/mol. The van der Waals surface area contributed by atoms with E-state index in [1.54, 1.807) is 0 Å². The van der Waals surface area contributed by atoms with E-state index in [1.165, 1.54) is 0 Å². The molecule has 4 N–H and O–H groups in total. The molecular formula is C8H4Cl2I3N3O2. The fourth-order valence-corrected chi connectivity index (χ4v) is 5.51. The molecule has 18 heavy (non-hydrogen) atoms. The number of nitrogens with one attached hydrogen (secondary N) is 2. The molecule has 0 aromatic heterocycles. The summed E-state index contributed by atoms with van der Waals surface area (Å²) in [5, 5.41) is 0. The van der Waals surface area contributed by atoms with Gasteiger partial charge in [0.25, 0.3) is 11.8 Å². The molecule has 1 aromatic rings. The molecule has 0 atom stereocenters. The highest BCUT2D eigenvalue weighted by molar-refractivity contribution is 14.1. The molecule has 0 aliphatic carbocycles. The molecule has 2 amide bonds. The number of halogens is 5. The molecule has 0 saturated heterocycles. The van der Waals surface area contributed by atoms with Gasteiger partial charge in [-0.3, -0.25) is 19.3 Å². The van der Waals surface area contributed by atoms with Crippen molar-refractivity contribution < 1.29 is 9.59 Å². The van der Waals surface area contributed by atoms with Gasteiger partial charge in [0.1, 0.15) is 0 Å². The number of amides is 2. The first kappa shape index (κ1) is 16.8. The lowest BCUT2D eigenvalue weighted by Gasteiger charge is -2.14. The van der Waals surface area contributed by atoms with Gasteiger partial charge in [0.2, 0.25) is 0 Å². The van der Waals surface area contributed by atoms with Crippen LogP contribution in [-0.4, -0.2) is 11.8 Å². The summed E-state index contributed by atoms with van der Waals surface area (Å²) in [4.78, 5) is 27.4. The van der Waals surface area contributed by atoms with Crippen molar-refractivity contribution in [1.82, 2.24) is 9.67 Å². The zero-order chi connectivity index (χ0) is 14.0. The van der Waals surface area contributed by atoms with Gasteiger partial charge in [-0.15, -0.1) is 0 Å². The van der Waals surface area contributed by atoms with E-state index in [-0.39, 0.29) is 11.1 Å². The van der Waals surface area contributed by atoms with Gasteiger partial charge >= 0.3 is 0 Å². The van der Waals surface area contributed by atoms with Gasteiger partial charge in [0.15, 0.2) is 0 Å². The normalized spacial score (nSPS) is 10.1. The Bertz CT molecular complexity index is 496. The highest BCUT2D eigenvalue weighted by atomic mass is 127. The Hall–Kier alpha value is 0.730. The lowest BCUT2D eigenvalue weighted by molar-refractivity contribution is 0.0980. The Kier molecular flexibility index (Phi) is 6.48. The number of nitrogens with two attached hydrogens (primary N) is 1. The van der Waals surface area contributed by atoms with Gasteiger partial charge in [-0.2, -0.15) is 0 Å². The molecular weight excluding hydrogens is 622 g/mol. The van der Waals surface area contributed by atoms with Crippen molar-refractivity contribution in [2.24, 2.45) is 0 Å². The molecule has 0 fully saturated rings. The van der Waals surface area contributed by atoms with Crippen molar-refractivity contribution in [3.05, 3.63) is 21.8 Å². The van der Waals surface area contributed by atoms with E-state index in [1.807, 2.05) is 77.4 Å². The minimum atomic E-state index is -0.530. The first-order chi connectivity index (χ1) is 8.36. The van der Waals surface area contributed by atoms with Crippen LogP contribution >= 0.6 is 91.3 Å². The van der Waals surface area contributed by atoms with Gasteiger partial charge in [0.05, 0.1) is 24.0 Å². The smallest absolute Gasteiger partial charge is 0.267 e. The Balaban J connectivity index is 3.70. The van der Waals surface area contributed by atoms with Crippen LogP contribution in [0.15, 0.2) is 0 Å². The molecule has 1 aromatic carbocycles. The van der Waals surface area contributed by atoms with Crippen molar-refractivity contribution in [3.63, 3.8) is 0 Å². The second kappa shape index (κ2) is 6.95. The van der Waals surface area contributed by atoms with Crippen molar-refractivity contribution in [1.29, 1.82) is 0 Å². The SMILES string of the molecule is Nc1c(I)c(C(=O)NCl)c(I)c(C(=O)NCl)c1I. The second-order valence-corrected chi connectivity index (χ2v) is 6.57. The summed E-state index contributed by atoms with van der Waals surface area (Å²) in [5.41, 5.74) is 6.71. The lowest BCUT2D eigenvalue weighted by atomic mass is 10.1. The Labute approximate surface area is 154 Å². The number of hydrogen-bond acceptors (Lipinski definition) is 3. The first-order valence-electron chi connectivity index (χ1n) is 4.14. The van der Waals surface area contributed by atoms with Crippen molar-refractivity contribution in [2.75, 3.05) is 5.73 Å². The van der Waals surface area contributed by atoms with Crippen LogP contribution in [0.1, 0.15) is 20.7 Å². The topological polar surface area (TPSA) is 84.2 Å². The molecule has 0 unspecified atom stereocenters. The number of carbonyl (C=O) groups excluding carboxylic acids is 2. The average molecular weight is 626 g/mol. The van der Waals surface area contributed by atoms with Gasteiger partial charge in [-0.1, -0.05) is 0 Å². The van der Waals surface area contributed by atoms with E-state index in [4.69, 9.17) is 29.3 Å². The van der Waals surface area contributed by atoms with E-state index >= 15 is 0 Å². The number of benzene rings is 1. The molecule has 1 rings (SSSR count). The molecule has 5 nitrogen and oxygen atoms in total. The Morgan fingerprint density at radius 2 is 1.22 bits per heavy atom.